The van der Waals surface area contributed by atoms with E-state index in [9.17, 15) is 19.1 Å². The summed E-state index contributed by atoms with van der Waals surface area (Å²) in [6.45, 7) is 3.65. The standard InChI is InChI=1S/C21H19N2O5PS/c1-12(2)20(24)23-21-22-16-8-4-7-15(19(16)30-21)13-5-3-6-14(11-13)17-9-10-18(28-17)29(25,26)27/h3-12H,1-2H3,(H,22,23,24)(H2,25,26,27). The molecule has 1 amide bonds. The molecular weight excluding hydrogens is 423 g/mol. The molecule has 0 atom stereocenters. The maximum absolute atomic E-state index is 12.0. The van der Waals surface area contributed by atoms with Gasteiger partial charge in [0.05, 0.1) is 10.2 Å². The maximum atomic E-state index is 12.0. The van der Waals surface area contributed by atoms with Crippen LogP contribution < -0.4 is 10.8 Å². The number of hydrogen-bond donors (Lipinski definition) is 3. The van der Waals surface area contributed by atoms with E-state index in [4.69, 9.17) is 4.42 Å². The van der Waals surface area contributed by atoms with Crippen LogP contribution in [-0.2, 0) is 9.36 Å². The van der Waals surface area contributed by atoms with Crippen LogP contribution in [0.4, 0.5) is 5.13 Å². The van der Waals surface area contributed by atoms with Crippen molar-refractivity contribution in [3.8, 4) is 22.5 Å². The van der Waals surface area contributed by atoms with Crippen molar-refractivity contribution in [2.24, 2.45) is 5.92 Å². The number of amides is 1. The predicted octanol–water partition coefficient (Wildman–Crippen LogP) is 4.62. The van der Waals surface area contributed by atoms with Crippen LogP contribution in [-0.4, -0.2) is 20.7 Å². The Labute approximate surface area is 176 Å². The van der Waals surface area contributed by atoms with Crippen LogP contribution in [0.5, 0.6) is 0 Å². The quantitative estimate of drug-likeness (QED) is 0.389. The fourth-order valence-electron chi connectivity index (χ4n) is 2.96. The number of aromatic nitrogens is 1. The van der Waals surface area contributed by atoms with E-state index in [-0.39, 0.29) is 17.3 Å². The molecule has 3 N–H and O–H groups in total. The summed E-state index contributed by atoms with van der Waals surface area (Å²) in [5.41, 5.74) is 2.96. The van der Waals surface area contributed by atoms with Crippen LogP contribution in [0.3, 0.4) is 0 Å². The summed E-state index contributed by atoms with van der Waals surface area (Å²) < 4.78 is 17.7. The van der Waals surface area contributed by atoms with Crippen LogP contribution in [0.1, 0.15) is 13.8 Å². The van der Waals surface area contributed by atoms with E-state index in [1.54, 1.807) is 6.07 Å². The van der Waals surface area contributed by atoms with Gasteiger partial charge in [-0.15, -0.1) is 0 Å². The largest absolute Gasteiger partial charge is 0.448 e. The summed E-state index contributed by atoms with van der Waals surface area (Å²) in [5.74, 6) is 0.146. The van der Waals surface area contributed by atoms with Crippen LogP contribution in [0, 0.1) is 5.92 Å². The van der Waals surface area contributed by atoms with E-state index in [1.807, 2.05) is 56.3 Å². The fraction of sp³-hybridized carbons (Fsp3) is 0.143. The number of carbonyl (C=O) groups excluding carboxylic acids is 1. The van der Waals surface area contributed by atoms with Gasteiger partial charge in [-0.3, -0.25) is 9.36 Å². The molecule has 0 aliphatic rings. The zero-order chi connectivity index (χ0) is 21.5. The smallest absolute Gasteiger partial charge is 0.391 e. The molecule has 0 spiro atoms. The van der Waals surface area contributed by atoms with E-state index < -0.39 is 7.60 Å². The van der Waals surface area contributed by atoms with Gasteiger partial charge in [-0.2, -0.15) is 0 Å². The molecule has 0 saturated heterocycles. The molecule has 0 radical (unpaired) electrons. The Hall–Kier alpha value is -2.77. The lowest BCUT2D eigenvalue weighted by atomic mass is 10.0. The molecule has 154 valence electrons. The number of rotatable bonds is 5. The zero-order valence-corrected chi connectivity index (χ0v) is 17.9. The Bertz CT molecular complexity index is 1290. The third-order valence-corrected chi connectivity index (χ3v) is 6.34. The highest BCUT2D eigenvalue weighted by atomic mass is 32.1. The van der Waals surface area contributed by atoms with Gasteiger partial charge in [0, 0.05) is 17.0 Å². The topological polar surface area (TPSA) is 113 Å². The van der Waals surface area contributed by atoms with E-state index in [2.05, 4.69) is 10.3 Å². The SMILES string of the molecule is CC(C)C(=O)Nc1nc2cccc(-c3cccc(-c4ccc(P(=O)(O)O)o4)c3)c2s1. The van der Waals surface area contributed by atoms with Gasteiger partial charge in [-0.1, -0.05) is 55.5 Å². The number of thiazole rings is 1. The van der Waals surface area contributed by atoms with Crippen molar-refractivity contribution >= 4 is 45.7 Å². The van der Waals surface area contributed by atoms with Crippen molar-refractivity contribution in [3.05, 3.63) is 54.6 Å². The van der Waals surface area contributed by atoms with Gasteiger partial charge in [-0.25, -0.2) is 4.98 Å². The molecule has 7 nitrogen and oxygen atoms in total. The predicted molar refractivity (Wildman–Crippen MR) is 118 cm³/mol. The van der Waals surface area contributed by atoms with Gasteiger partial charge in [-0.05, 0) is 29.8 Å². The average molecular weight is 442 g/mol. The Kier molecular flexibility index (Phi) is 5.34. The van der Waals surface area contributed by atoms with Gasteiger partial charge in [0.25, 0.3) is 0 Å². The molecule has 0 fully saturated rings. The normalized spacial score (nSPS) is 11.9. The first-order chi connectivity index (χ1) is 14.2. The minimum atomic E-state index is -4.44. The second kappa shape index (κ2) is 7.81. The Morgan fingerprint density at radius 2 is 1.83 bits per heavy atom. The van der Waals surface area contributed by atoms with Crippen molar-refractivity contribution in [1.29, 1.82) is 0 Å². The lowest BCUT2D eigenvalue weighted by molar-refractivity contribution is -0.118. The van der Waals surface area contributed by atoms with Crippen LogP contribution in [0.25, 0.3) is 32.7 Å². The molecule has 0 bridgehead atoms. The molecular formula is C21H19N2O5PS. The highest BCUT2D eigenvalue weighted by molar-refractivity contribution is 7.59. The summed E-state index contributed by atoms with van der Waals surface area (Å²) in [5, 5.41) is 3.39. The fourth-order valence-corrected chi connectivity index (χ4v) is 4.45. The summed E-state index contributed by atoms with van der Waals surface area (Å²) >= 11 is 1.40. The average Bonchev–Trinajstić information content (AvgIpc) is 3.34. The summed E-state index contributed by atoms with van der Waals surface area (Å²) in [6.07, 6.45) is 0. The highest BCUT2D eigenvalue weighted by Gasteiger charge is 2.22. The number of carbonyl (C=O) groups is 1. The van der Waals surface area contributed by atoms with E-state index in [0.717, 1.165) is 21.3 Å². The van der Waals surface area contributed by atoms with Crippen LogP contribution in [0.15, 0.2) is 59.0 Å². The molecule has 4 rings (SSSR count). The van der Waals surface area contributed by atoms with Gasteiger partial charge in [0.2, 0.25) is 11.4 Å². The lowest BCUT2D eigenvalue weighted by Crippen LogP contribution is -2.17. The molecule has 0 aliphatic heterocycles. The molecule has 0 unspecified atom stereocenters. The minimum Gasteiger partial charge on any atom is -0.448 e. The molecule has 2 aromatic carbocycles. The molecule has 0 saturated carbocycles. The number of anilines is 1. The zero-order valence-electron chi connectivity index (χ0n) is 16.2. The van der Waals surface area contributed by atoms with E-state index in [0.29, 0.717) is 16.5 Å². The third kappa shape index (κ3) is 4.08. The van der Waals surface area contributed by atoms with Crippen molar-refractivity contribution in [2.75, 3.05) is 5.32 Å². The number of fused-ring (bicyclic) bond motifs is 1. The number of furan rings is 1. The second-order valence-electron chi connectivity index (χ2n) is 7.08. The number of hydrogen-bond acceptors (Lipinski definition) is 5. The summed E-state index contributed by atoms with van der Waals surface area (Å²) in [4.78, 5) is 35.1. The minimum absolute atomic E-state index is 0.0868. The molecule has 4 aromatic rings. The monoisotopic (exact) mass is 442 g/mol. The number of benzene rings is 2. The second-order valence-corrected chi connectivity index (χ2v) is 9.61. The van der Waals surface area contributed by atoms with Gasteiger partial charge < -0.3 is 19.5 Å². The van der Waals surface area contributed by atoms with Gasteiger partial charge in [0.1, 0.15) is 5.76 Å². The van der Waals surface area contributed by atoms with Crippen molar-refractivity contribution in [2.45, 2.75) is 13.8 Å². The highest BCUT2D eigenvalue weighted by Crippen LogP contribution is 2.38. The molecule has 2 aromatic heterocycles. The lowest BCUT2D eigenvalue weighted by Gasteiger charge is -2.05. The number of nitrogens with zero attached hydrogens (tertiary/aromatic N) is 1. The summed E-state index contributed by atoms with van der Waals surface area (Å²) in [7, 11) is -4.44. The van der Waals surface area contributed by atoms with E-state index >= 15 is 0 Å². The first-order valence-electron chi connectivity index (χ1n) is 9.19. The Morgan fingerprint density at radius 1 is 1.10 bits per heavy atom. The summed E-state index contributed by atoms with van der Waals surface area (Å²) in [6, 6.07) is 16.1. The van der Waals surface area contributed by atoms with Crippen LogP contribution >= 0.6 is 18.9 Å². The maximum Gasteiger partial charge on any atom is 0.391 e. The number of nitrogens with one attached hydrogen (secondary N) is 1. The van der Waals surface area contributed by atoms with Crippen molar-refractivity contribution in [3.63, 3.8) is 0 Å². The Morgan fingerprint density at radius 3 is 2.53 bits per heavy atom. The van der Waals surface area contributed by atoms with Crippen molar-refractivity contribution in [1.82, 2.24) is 4.98 Å². The molecule has 0 aliphatic carbocycles. The molecule has 2 heterocycles. The molecule has 30 heavy (non-hydrogen) atoms. The third-order valence-electron chi connectivity index (χ3n) is 4.51. The van der Waals surface area contributed by atoms with Crippen molar-refractivity contribution < 1.29 is 23.6 Å². The Balaban J connectivity index is 1.73. The van der Waals surface area contributed by atoms with Crippen LogP contribution in [0.2, 0.25) is 0 Å². The first-order valence-corrected chi connectivity index (χ1v) is 11.6. The van der Waals surface area contributed by atoms with Gasteiger partial charge >= 0.3 is 7.60 Å². The first kappa shape index (κ1) is 20.5. The van der Waals surface area contributed by atoms with E-state index in [1.165, 1.54) is 17.4 Å². The molecule has 9 heteroatoms. The van der Waals surface area contributed by atoms with Gasteiger partial charge in [0.15, 0.2) is 5.13 Å².